The Bertz CT molecular complexity index is 695. The summed E-state index contributed by atoms with van der Waals surface area (Å²) in [6.45, 7) is 2.11. The van der Waals surface area contributed by atoms with E-state index in [2.05, 4.69) is 0 Å². The van der Waals surface area contributed by atoms with E-state index in [4.69, 9.17) is 27.9 Å². The summed E-state index contributed by atoms with van der Waals surface area (Å²) in [7, 11) is 0. The second kappa shape index (κ2) is 7.24. The molecule has 3 rings (SSSR count). The van der Waals surface area contributed by atoms with Crippen molar-refractivity contribution in [3.8, 4) is 5.75 Å². The maximum absolute atomic E-state index is 12.3. The number of amides is 1. The lowest BCUT2D eigenvalue weighted by Gasteiger charge is -2.15. The van der Waals surface area contributed by atoms with Gasteiger partial charge in [0.05, 0.1) is 10.0 Å². The molecule has 23 heavy (non-hydrogen) atoms. The zero-order valence-electron chi connectivity index (χ0n) is 12.6. The van der Waals surface area contributed by atoms with E-state index in [1.54, 1.807) is 12.1 Å². The van der Waals surface area contributed by atoms with Gasteiger partial charge >= 0.3 is 0 Å². The summed E-state index contributed by atoms with van der Waals surface area (Å²) in [5.41, 5.74) is 1.64. The Morgan fingerprint density at radius 1 is 1.00 bits per heavy atom. The van der Waals surface area contributed by atoms with Crippen molar-refractivity contribution in [2.45, 2.75) is 19.4 Å². The number of hydrogen-bond donors (Lipinski definition) is 0. The third-order valence-corrected chi connectivity index (χ3v) is 4.62. The molecule has 0 N–H and O–H groups in total. The summed E-state index contributed by atoms with van der Waals surface area (Å²) in [6.07, 6.45) is 2.19. The minimum absolute atomic E-state index is 0.0959. The molecular formula is C18H17Cl2NO2. The molecular weight excluding hydrogens is 333 g/mol. The third-order valence-electron chi connectivity index (χ3n) is 3.88. The smallest absolute Gasteiger partial charge is 0.253 e. The lowest BCUT2D eigenvalue weighted by Crippen LogP contribution is -2.27. The van der Waals surface area contributed by atoms with Gasteiger partial charge in [-0.2, -0.15) is 0 Å². The topological polar surface area (TPSA) is 29.5 Å². The number of rotatable bonds is 4. The summed E-state index contributed by atoms with van der Waals surface area (Å²) in [5.74, 6) is 0.813. The van der Waals surface area contributed by atoms with Crippen LogP contribution < -0.4 is 4.74 Å². The van der Waals surface area contributed by atoms with Gasteiger partial charge in [-0.25, -0.2) is 0 Å². The number of carbonyl (C=O) groups excluding carboxylic acids is 1. The van der Waals surface area contributed by atoms with Gasteiger partial charge in [-0.05, 0) is 54.8 Å². The normalized spacial score (nSPS) is 14.1. The van der Waals surface area contributed by atoms with Crippen molar-refractivity contribution >= 4 is 29.1 Å². The van der Waals surface area contributed by atoms with E-state index < -0.39 is 0 Å². The highest BCUT2D eigenvalue weighted by atomic mass is 35.5. The zero-order valence-corrected chi connectivity index (χ0v) is 14.1. The van der Waals surface area contributed by atoms with Gasteiger partial charge in [0.1, 0.15) is 12.4 Å². The van der Waals surface area contributed by atoms with Gasteiger partial charge in [-0.15, -0.1) is 0 Å². The molecule has 0 unspecified atom stereocenters. The van der Waals surface area contributed by atoms with Crippen LogP contribution >= 0.6 is 23.2 Å². The highest BCUT2D eigenvalue weighted by Crippen LogP contribution is 2.23. The van der Waals surface area contributed by atoms with Crippen molar-refractivity contribution in [1.82, 2.24) is 4.90 Å². The number of likely N-dealkylation sites (tertiary alicyclic amines) is 1. The summed E-state index contributed by atoms with van der Waals surface area (Å²) >= 11 is 11.9. The highest BCUT2D eigenvalue weighted by Gasteiger charge is 2.19. The first kappa shape index (κ1) is 16.2. The molecule has 1 fully saturated rings. The fourth-order valence-corrected chi connectivity index (χ4v) is 2.91. The molecule has 1 aliphatic rings. The summed E-state index contributed by atoms with van der Waals surface area (Å²) in [6, 6.07) is 12.7. The molecule has 0 aliphatic carbocycles. The third kappa shape index (κ3) is 3.98. The number of benzene rings is 2. The van der Waals surface area contributed by atoms with E-state index in [0.717, 1.165) is 31.5 Å². The molecule has 0 bridgehead atoms. The van der Waals surface area contributed by atoms with Crippen molar-refractivity contribution in [1.29, 1.82) is 0 Å². The number of hydrogen-bond acceptors (Lipinski definition) is 2. The van der Waals surface area contributed by atoms with Crippen LogP contribution in [0.15, 0.2) is 42.5 Å². The van der Waals surface area contributed by atoms with Crippen molar-refractivity contribution < 1.29 is 9.53 Å². The Kier molecular flexibility index (Phi) is 5.09. The van der Waals surface area contributed by atoms with Crippen LogP contribution in [0.2, 0.25) is 10.0 Å². The molecule has 0 spiro atoms. The van der Waals surface area contributed by atoms with Crippen LogP contribution in [0.3, 0.4) is 0 Å². The molecule has 5 heteroatoms. The second-order valence-electron chi connectivity index (χ2n) is 5.56. The summed E-state index contributed by atoms with van der Waals surface area (Å²) in [4.78, 5) is 14.2. The van der Waals surface area contributed by atoms with Crippen molar-refractivity contribution in [3.05, 3.63) is 63.6 Å². The van der Waals surface area contributed by atoms with Gasteiger partial charge in [-0.1, -0.05) is 29.3 Å². The van der Waals surface area contributed by atoms with Crippen molar-refractivity contribution in [2.75, 3.05) is 13.1 Å². The number of carbonyl (C=O) groups is 1. The molecule has 1 aliphatic heterocycles. The van der Waals surface area contributed by atoms with E-state index >= 15 is 0 Å². The van der Waals surface area contributed by atoms with Crippen LogP contribution in [0, 0.1) is 0 Å². The van der Waals surface area contributed by atoms with Crippen LogP contribution in [-0.4, -0.2) is 23.9 Å². The number of ether oxygens (including phenoxy) is 1. The first-order chi connectivity index (χ1) is 11.1. The fourth-order valence-electron chi connectivity index (χ4n) is 2.59. The molecule has 0 aromatic heterocycles. The molecule has 1 amide bonds. The first-order valence-corrected chi connectivity index (χ1v) is 8.35. The van der Waals surface area contributed by atoms with E-state index in [9.17, 15) is 4.79 Å². The molecule has 1 saturated heterocycles. The lowest BCUT2D eigenvalue weighted by molar-refractivity contribution is 0.0793. The Balaban J connectivity index is 1.60. The zero-order chi connectivity index (χ0) is 16.2. The van der Waals surface area contributed by atoms with Crippen molar-refractivity contribution in [2.24, 2.45) is 0 Å². The Morgan fingerprint density at radius 3 is 2.35 bits per heavy atom. The largest absolute Gasteiger partial charge is 0.489 e. The van der Waals surface area contributed by atoms with Crippen LogP contribution in [0.1, 0.15) is 28.8 Å². The lowest BCUT2D eigenvalue weighted by atomic mass is 10.2. The average Bonchev–Trinajstić information content (AvgIpc) is 3.10. The molecule has 0 radical (unpaired) electrons. The predicted molar refractivity (Wildman–Crippen MR) is 92.4 cm³/mol. The first-order valence-electron chi connectivity index (χ1n) is 7.59. The maximum Gasteiger partial charge on any atom is 0.253 e. The highest BCUT2D eigenvalue weighted by molar-refractivity contribution is 6.42. The van der Waals surface area contributed by atoms with E-state index in [-0.39, 0.29) is 5.91 Å². The van der Waals surface area contributed by atoms with Crippen LogP contribution in [0.25, 0.3) is 0 Å². The molecule has 2 aromatic rings. The SMILES string of the molecule is O=C(c1ccc(OCc2ccc(Cl)c(Cl)c2)cc1)N1CCCC1. The van der Waals surface area contributed by atoms with E-state index in [1.807, 2.05) is 35.2 Å². The van der Waals surface area contributed by atoms with E-state index in [1.165, 1.54) is 0 Å². The minimum atomic E-state index is 0.0959. The summed E-state index contributed by atoms with van der Waals surface area (Å²) < 4.78 is 5.72. The molecule has 3 nitrogen and oxygen atoms in total. The van der Waals surface area contributed by atoms with Crippen LogP contribution in [0.5, 0.6) is 5.75 Å². The second-order valence-corrected chi connectivity index (χ2v) is 6.38. The quantitative estimate of drug-likeness (QED) is 0.792. The van der Waals surface area contributed by atoms with Gasteiger partial charge in [0.15, 0.2) is 0 Å². The fraction of sp³-hybridized carbons (Fsp3) is 0.278. The minimum Gasteiger partial charge on any atom is -0.489 e. The van der Waals surface area contributed by atoms with Gasteiger partial charge < -0.3 is 9.64 Å². The standard InChI is InChI=1S/C18H17Cl2NO2/c19-16-8-3-13(11-17(16)20)12-23-15-6-4-14(5-7-15)18(22)21-9-1-2-10-21/h3-8,11H,1-2,9-10,12H2. The van der Waals surface area contributed by atoms with Crippen LogP contribution in [0.4, 0.5) is 0 Å². The molecule has 2 aromatic carbocycles. The van der Waals surface area contributed by atoms with Crippen LogP contribution in [-0.2, 0) is 6.61 Å². The molecule has 120 valence electrons. The van der Waals surface area contributed by atoms with Gasteiger partial charge in [0.25, 0.3) is 5.91 Å². The average molecular weight is 350 g/mol. The van der Waals surface area contributed by atoms with E-state index in [0.29, 0.717) is 28.0 Å². The Labute approximate surface area is 145 Å². The van der Waals surface area contributed by atoms with Gasteiger partial charge in [0, 0.05) is 18.7 Å². The Morgan fingerprint density at radius 2 is 1.70 bits per heavy atom. The molecule has 0 atom stereocenters. The monoisotopic (exact) mass is 349 g/mol. The number of nitrogens with zero attached hydrogens (tertiary/aromatic N) is 1. The van der Waals surface area contributed by atoms with Crippen molar-refractivity contribution in [3.63, 3.8) is 0 Å². The van der Waals surface area contributed by atoms with Gasteiger partial charge in [-0.3, -0.25) is 4.79 Å². The summed E-state index contributed by atoms with van der Waals surface area (Å²) in [5, 5.41) is 1.04. The predicted octanol–water partition coefficient (Wildman–Crippen LogP) is 4.81. The molecule has 0 saturated carbocycles. The Hall–Kier alpha value is -1.71. The van der Waals surface area contributed by atoms with Gasteiger partial charge in [0.2, 0.25) is 0 Å². The maximum atomic E-state index is 12.3. The molecule has 1 heterocycles. The number of halogens is 2.